The number of fused-ring (bicyclic) bond motifs is 5. The van der Waals surface area contributed by atoms with Crippen LogP contribution >= 0.6 is 11.6 Å². The summed E-state index contributed by atoms with van der Waals surface area (Å²) in [5, 5.41) is 5.13. The Morgan fingerprint density at radius 3 is 3.05 bits per heavy atom. The third-order valence-corrected chi connectivity index (χ3v) is 3.82. The van der Waals surface area contributed by atoms with Gasteiger partial charge in [0.25, 0.3) is 5.91 Å². The molecule has 0 unspecified atom stereocenters. The largest absolute Gasteiger partial charge is 0.352 e. The summed E-state index contributed by atoms with van der Waals surface area (Å²) in [6.45, 7) is 0.601. The predicted octanol–water partition coefficient (Wildman–Crippen LogP) is 2.46. The lowest BCUT2D eigenvalue weighted by Crippen LogP contribution is -2.43. The molecule has 3 heterocycles. The van der Waals surface area contributed by atoms with E-state index in [1.807, 2.05) is 31.4 Å². The summed E-state index contributed by atoms with van der Waals surface area (Å²) in [6, 6.07) is 5.76. The van der Waals surface area contributed by atoms with Crippen LogP contribution in [-0.4, -0.2) is 27.9 Å². The molecular weight excluding hydrogens is 276 g/mol. The SMILES string of the molecule is CN1Cc2nc3c(ccc4c[nH]c(Cl)cc43)c2C(=O)N1. The number of amides is 1. The number of halogens is 1. The number of nitrogens with zero attached hydrogens (tertiary/aromatic N) is 2. The number of carbonyl (C=O) groups excluding carboxylic acids is 1. The van der Waals surface area contributed by atoms with Gasteiger partial charge in [-0.1, -0.05) is 23.7 Å². The van der Waals surface area contributed by atoms with Gasteiger partial charge in [-0.2, -0.15) is 0 Å². The maximum absolute atomic E-state index is 12.1. The Kier molecular flexibility index (Phi) is 2.31. The highest BCUT2D eigenvalue weighted by Crippen LogP contribution is 2.31. The quantitative estimate of drug-likeness (QED) is 0.624. The Morgan fingerprint density at radius 2 is 2.20 bits per heavy atom. The van der Waals surface area contributed by atoms with Gasteiger partial charge in [-0.25, -0.2) is 9.99 Å². The van der Waals surface area contributed by atoms with Crippen molar-refractivity contribution in [3.8, 4) is 0 Å². The van der Waals surface area contributed by atoms with E-state index >= 15 is 0 Å². The van der Waals surface area contributed by atoms with Gasteiger partial charge in [-0.05, 0) is 6.07 Å². The molecule has 3 aromatic rings. The summed E-state index contributed by atoms with van der Waals surface area (Å²) in [6.07, 6.45) is 1.84. The van der Waals surface area contributed by atoms with Gasteiger partial charge in [0.2, 0.25) is 0 Å². The van der Waals surface area contributed by atoms with Crippen LogP contribution in [0, 0.1) is 0 Å². The number of rotatable bonds is 0. The van der Waals surface area contributed by atoms with E-state index in [4.69, 9.17) is 11.6 Å². The number of aromatic amines is 1. The van der Waals surface area contributed by atoms with E-state index < -0.39 is 0 Å². The van der Waals surface area contributed by atoms with Crippen LogP contribution in [0.25, 0.3) is 21.7 Å². The zero-order valence-corrected chi connectivity index (χ0v) is 11.5. The highest BCUT2D eigenvalue weighted by Gasteiger charge is 2.26. The normalized spacial score (nSPS) is 15.6. The number of hydrogen-bond donors (Lipinski definition) is 2. The third-order valence-electron chi connectivity index (χ3n) is 3.60. The van der Waals surface area contributed by atoms with Crippen molar-refractivity contribution in [2.75, 3.05) is 7.05 Å². The standard InChI is InChI=1S/C14H11ClN4O/c1-19-6-10-12(14(20)18-19)8-3-2-7-5-16-11(15)4-9(7)13(8)17-10/h2-5,16H,6H2,1H3,(H,18,20). The van der Waals surface area contributed by atoms with E-state index in [1.54, 1.807) is 5.01 Å². The molecule has 0 saturated carbocycles. The van der Waals surface area contributed by atoms with Crippen molar-refractivity contribution in [1.82, 2.24) is 20.4 Å². The van der Waals surface area contributed by atoms with Gasteiger partial charge < -0.3 is 4.98 Å². The van der Waals surface area contributed by atoms with Crippen molar-refractivity contribution >= 4 is 39.2 Å². The van der Waals surface area contributed by atoms with Crippen LogP contribution < -0.4 is 5.43 Å². The van der Waals surface area contributed by atoms with Crippen LogP contribution in [0.15, 0.2) is 24.4 Å². The number of nitrogens with one attached hydrogen (secondary N) is 2. The Morgan fingerprint density at radius 1 is 1.35 bits per heavy atom. The van der Waals surface area contributed by atoms with E-state index in [-0.39, 0.29) is 5.91 Å². The second kappa shape index (κ2) is 3.94. The van der Waals surface area contributed by atoms with Crippen LogP contribution in [0.1, 0.15) is 16.1 Å². The molecule has 6 heteroatoms. The van der Waals surface area contributed by atoms with E-state index in [0.29, 0.717) is 17.3 Å². The molecule has 20 heavy (non-hydrogen) atoms. The first-order valence-electron chi connectivity index (χ1n) is 6.25. The maximum atomic E-state index is 12.1. The van der Waals surface area contributed by atoms with E-state index in [2.05, 4.69) is 15.4 Å². The molecule has 0 saturated heterocycles. The molecule has 0 bridgehead atoms. The number of H-pyrrole nitrogens is 1. The first-order chi connectivity index (χ1) is 9.63. The van der Waals surface area contributed by atoms with Gasteiger partial charge >= 0.3 is 0 Å². The first-order valence-corrected chi connectivity index (χ1v) is 6.62. The first kappa shape index (κ1) is 11.7. The summed E-state index contributed by atoms with van der Waals surface area (Å²) in [4.78, 5) is 19.8. The van der Waals surface area contributed by atoms with Crippen LogP contribution in [0.4, 0.5) is 0 Å². The maximum Gasteiger partial charge on any atom is 0.268 e. The highest BCUT2D eigenvalue weighted by atomic mass is 35.5. The molecule has 1 aliphatic rings. The zero-order chi connectivity index (χ0) is 13.9. The Balaban J connectivity index is 2.12. The molecule has 100 valence electrons. The molecule has 1 aliphatic heterocycles. The molecule has 2 aromatic heterocycles. The molecule has 0 radical (unpaired) electrons. The molecule has 5 nitrogen and oxygen atoms in total. The van der Waals surface area contributed by atoms with Crippen LogP contribution in [0.2, 0.25) is 5.15 Å². The molecule has 1 aromatic carbocycles. The Labute approximate surface area is 119 Å². The fourth-order valence-corrected chi connectivity index (χ4v) is 2.91. The zero-order valence-electron chi connectivity index (χ0n) is 10.7. The highest BCUT2D eigenvalue weighted by molar-refractivity contribution is 6.30. The minimum Gasteiger partial charge on any atom is -0.352 e. The van der Waals surface area contributed by atoms with Crippen LogP contribution in [0.5, 0.6) is 0 Å². The fourth-order valence-electron chi connectivity index (χ4n) is 2.75. The van der Waals surface area contributed by atoms with E-state index in [9.17, 15) is 4.79 Å². The lowest BCUT2D eigenvalue weighted by atomic mass is 10.1. The Bertz CT molecular complexity index is 870. The summed E-state index contributed by atoms with van der Waals surface area (Å²) in [7, 11) is 1.82. The molecule has 1 amide bonds. The molecule has 0 spiro atoms. The van der Waals surface area contributed by atoms with Gasteiger partial charge in [0, 0.05) is 29.4 Å². The van der Waals surface area contributed by atoms with Crippen molar-refractivity contribution in [3.05, 3.63) is 40.8 Å². The minimum atomic E-state index is -0.107. The lowest BCUT2D eigenvalue weighted by molar-refractivity contribution is 0.0786. The van der Waals surface area contributed by atoms with Gasteiger partial charge in [-0.3, -0.25) is 10.2 Å². The molecule has 0 atom stereocenters. The minimum absolute atomic E-state index is 0.107. The third kappa shape index (κ3) is 1.54. The molecule has 0 fully saturated rings. The van der Waals surface area contributed by atoms with Gasteiger partial charge in [0.1, 0.15) is 5.15 Å². The van der Waals surface area contributed by atoms with E-state index in [0.717, 1.165) is 27.4 Å². The van der Waals surface area contributed by atoms with E-state index in [1.165, 1.54) is 0 Å². The van der Waals surface area contributed by atoms with Crippen molar-refractivity contribution in [2.45, 2.75) is 6.54 Å². The second-order valence-corrected chi connectivity index (χ2v) is 5.38. The number of hydrazine groups is 1. The van der Waals surface area contributed by atoms with Crippen molar-refractivity contribution < 1.29 is 4.79 Å². The molecule has 2 N–H and O–H groups in total. The van der Waals surface area contributed by atoms with Gasteiger partial charge in [-0.15, -0.1) is 0 Å². The summed E-state index contributed by atoms with van der Waals surface area (Å²) in [5.74, 6) is -0.107. The average Bonchev–Trinajstić information content (AvgIpc) is 2.77. The monoisotopic (exact) mass is 286 g/mol. The Hall–Kier alpha value is -2.11. The number of carbonyl (C=O) groups is 1. The smallest absolute Gasteiger partial charge is 0.268 e. The number of aromatic nitrogens is 2. The number of benzene rings is 1. The van der Waals surface area contributed by atoms with Crippen LogP contribution in [-0.2, 0) is 6.54 Å². The topological polar surface area (TPSA) is 61.0 Å². The average molecular weight is 287 g/mol. The van der Waals surface area contributed by atoms with Crippen LogP contribution in [0.3, 0.4) is 0 Å². The molecule has 4 rings (SSSR count). The molecule has 0 aliphatic carbocycles. The van der Waals surface area contributed by atoms with Crippen molar-refractivity contribution in [3.63, 3.8) is 0 Å². The van der Waals surface area contributed by atoms with Gasteiger partial charge in [0.05, 0.1) is 23.3 Å². The summed E-state index contributed by atoms with van der Waals surface area (Å²) < 4.78 is 0. The molecular formula is C14H11ClN4O. The fraction of sp³-hybridized carbons (Fsp3) is 0.143. The predicted molar refractivity (Wildman–Crippen MR) is 77.5 cm³/mol. The second-order valence-electron chi connectivity index (χ2n) is 4.98. The lowest BCUT2D eigenvalue weighted by Gasteiger charge is -2.22. The summed E-state index contributed by atoms with van der Waals surface area (Å²) >= 11 is 6.03. The number of hydrogen-bond acceptors (Lipinski definition) is 3. The van der Waals surface area contributed by atoms with Crippen molar-refractivity contribution in [2.24, 2.45) is 0 Å². The summed E-state index contributed by atoms with van der Waals surface area (Å²) in [5.41, 5.74) is 5.10. The van der Waals surface area contributed by atoms with Gasteiger partial charge in [0.15, 0.2) is 0 Å². The number of pyridine rings is 1. The van der Waals surface area contributed by atoms with Crippen molar-refractivity contribution in [1.29, 1.82) is 0 Å².